The van der Waals surface area contributed by atoms with Crippen molar-refractivity contribution in [1.82, 2.24) is 4.90 Å². The van der Waals surface area contributed by atoms with E-state index in [-0.39, 0.29) is 18.1 Å². The Morgan fingerprint density at radius 1 is 1.50 bits per heavy atom. The number of hydrogen-bond acceptors (Lipinski definition) is 4. The van der Waals surface area contributed by atoms with Crippen molar-refractivity contribution in [3.63, 3.8) is 0 Å². The minimum atomic E-state index is -0.0963. The van der Waals surface area contributed by atoms with Gasteiger partial charge in [0.05, 0.1) is 6.61 Å². The molecular formula is C12H24N2O2. The van der Waals surface area contributed by atoms with Gasteiger partial charge in [0.15, 0.2) is 0 Å². The summed E-state index contributed by atoms with van der Waals surface area (Å²) in [5.41, 5.74) is 5.98. The topological polar surface area (TPSA) is 55.6 Å². The highest BCUT2D eigenvalue weighted by Gasteiger charge is 2.34. The molecule has 0 aromatic carbocycles. The highest BCUT2D eigenvalue weighted by atomic mass is 16.5. The fraction of sp³-hybridized carbons (Fsp3) is 0.917. The van der Waals surface area contributed by atoms with Crippen LogP contribution in [0.1, 0.15) is 33.6 Å². The lowest BCUT2D eigenvalue weighted by molar-refractivity contribution is -0.149. The highest BCUT2D eigenvalue weighted by Crippen LogP contribution is 2.20. The first kappa shape index (κ1) is 13.5. The minimum absolute atomic E-state index is 0.0920. The van der Waals surface area contributed by atoms with E-state index in [9.17, 15) is 4.79 Å². The van der Waals surface area contributed by atoms with Crippen LogP contribution in [0.2, 0.25) is 0 Å². The first-order valence-corrected chi connectivity index (χ1v) is 6.26. The zero-order valence-corrected chi connectivity index (χ0v) is 10.6. The Bertz CT molecular complexity index is 223. The predicted octanol–water partition coefficient (Wildman–Crippen LogP) is 0.997. The van der Waals surface area contributed by atoms with E-state index in [1.165, 1.54) is 0 Å². The molecular weight excluding hydrogens is 204 g/mol. The van der Waals surface area contributed by atoms with Gasteiger partial charge in [-0.2, -0.15) is 0 Å². The Hall–Kier alpha value is -0.610. The number of nitrogens with two attached hydrogens (primary N) is 1. The minimum Gasteiger partial charge on any atom is -0.465 e. The molecule has 0 aliphatic carbocycles. The van der Waals surface area contributed by atoms with Gasteiger partial charge in [-0.05, 0) is 19.3 Å². The van der Waals surface area contributed by atoms with Gasteiger partial charge in [0.2, 0.25) is 0 Å². The van der Waals surface area contributed by atoms with Gasteiger partial charge in [-0.25, -0.2) is 0 Å². The van der Waals surface area contributed by atoms with Crippen LogP contribution in [-0.4, -0.2) is 42.6 Å². The number of carbonyl (C=O) groups excluding carboxylic acids is 1. The van der Waals surface area contributed by atoms with E-state index in [1.807, 2.05) is 6.92 Å². The first-order chi connectivity index (χ1) is 7.60. The van der Waals surface area contributed by atoms with Crippen LogP contribution in [0.5, 0.6) is 0 Å². The summed E-state index contributed by atoms with van der Waals surface area (Å²) in [5.74, 6) is 0.374. The number of nitrogens with zero attached hydrogens (tertiary/aromatic N) is 1. The molecule has 0 amide bonds. The maximum Gasteiger partial charge on any atom is 0.323 e. The van der Waals surface area contributed by atoms with Crippen LogP contribution in [0.3, 0.4) is 0 Å². The van der Waals surface area contributed by atoms with Gasteiger partial charge in [-0.15, -0.1) is 0 Å². The Morgan fingerprint density at radius 2 is 2.19 bits per heavy atom. The first-order valence-electron chi connectivity index (χ1n) is 6.26. The van der Waals surface area contributed by atoms with Gasteiger partial charge in [0, 0.05) is 19.1 Å². The number of hydrogen-bond donors (Lipinski definition) is 1. The summed E-state index contributed by atoms with van der Waals surface area (Å²) < 4.78 is 5.12. The Morgan fingerprint density at radius 3 is 2.62 bits per heavy atom. The molecule has 1 fully saturated rings. The lowest BCUT2D eigenvalue weighted by atomic mass is 10.1. The third kappa shape index (κ3) is 3.19. The van der Waals surface area contributed by atoms with E-state index in [4.69, 9.17) is 10.5 Å². The van der Waals surface area contributed by atoms with Crippen molar-refractivity contribution in [3.8, 4) is 0 Å². The summed E-state index contributed by atoms with van der Waals surface area (Å²) in [5, 5.41) is 0. The summed E-state index contributed by atoms with van der Waals surface area (Å²) in [6.45, 7) is 8.24. The third-order valence-corrected chi connectivity index (χ3v) is 3.26. The number of likely N-dealkylation sites (tertiary alicyclic amines) is 1. The number of ether oxygens (including phenoxy) is 1. The summed E-state index contributed by atoms with van der Waals surface area (Å²) in [7, 11) is 0. The van der Waals surface area contributed by atoms with Crippen LogP contribution in [0, 0.1) is 5.92 Å². The van der Waals surface area contributed by atoms with Gasteiger partial charge in [-0.3, -0.25) is 9.69 Å². The molecule has 0 spiro atoms. The summed E-state index contributed by atoms with van der Waals surface area (Å²) in [4.78, 5) is 14.0. The lowest BCUT2D eigenvalue weighted by Gasteiger charge is -2.25. The van der Waals surface area contributed by atoms with Crippen molar-refractivity contribution in [2.45, 2.75) is 45.7 Å². The Balaban J connectivity index is 2.60. The van der Waals surface area contributed by atoms with Crippen LogP contribution in [0.4, 0.5) is 0 Å². The second kappa shape index (κ2) is 6.21. The fourth-order valence-corrected chi connectivity index (χ4v) is 2.25. The van der Waals surface area contributed by atoms with Crippen LogP contribution >= 0.6 is 0 Å². The molecule has 4 nitrogen and oxygen atoms in total. The molecule has 3 unspecified atom stereocenters. The monoisotopic (exact) mass is 228 g/mol. The molecule has 1 heterocycles. The molecule has 0 saturated carbocycles. The quantitative estimate of drug-likeness (QED) is 0.713. The van der Waals surface area contributed by atoms with E-state index < -0.39 is 0 Å². The zero-order chi connectivity index (χ0) is 12.1. The average molecular weight is 228 g/mol. The van der Waals surface area contributed by atoms with Crippen molar-refractivity contribution in [3.05, 3.63) is 0 Å². The van der Waals surface area contributed by atoms with Gasteiger partial charge >= 0.3 is 5.97 Å². The molecule has 94 valence electrons. The molecule has 4 heteroatoms. The maximum absolute atomic E-state index is 11.8. The lowest BCUT2D eigenvalue weighted by Crippen LogP contribution is -2.42. The Kier molecular flexibility index (Phi) is 5.22. The molecule has 3 atom stereocenters. The molecule has 0 aromatic rings. The zero-order valence-electron chi connectivity index (χ0n) is 10.6. The number of carbonyl (C=O) groups is 1. The molecule has 0 bridgehead atoms. The predicted molar refractivity (Wildman–Crippen MR) is 64.0 cm³/mol. The van der Waals surface area contributed by atoms with Crippen LogP contribution in [0.25, 0.3) is 0 Å². The molecule has 0 radical (unpaired) electrons. The van der Waals surface area contributed by atoms with Crippen molar-refractivity contribution in [1.29, 1.82) is 0 Å². The normalized spacial score (nSPS) is 28.0. The van der Waals surface area contributed by atoms with Crippen molar-refractivity contribution in [2.24, 2.45) is 11.7 Å². The van der Waals surface area contributed by atoms with E-state index in [0.717, 1.165) is 25.9 Å². The molecule has 1 aliphatic rings. The number of esters is 1. The van der Waals surface area contributed by atoms with E-state index in [2.05, 4.69) is 18.7 Å². The van der Waals surface area contributed by atoms with Crippen LogP contribution in [0.15, 0.2) is 0 Å². The van der Waals surface area contributed by atoms with Crippen molar-refractivity contribution in [2.75, 3.05) is 19.7 Å². The average Bonchev–Trinajstić information content (AvgIpc) is 2.55. The summed E-state index contributed by atoms with van der Waals surface area (Å²) >= 11 is 0. The summed E-state index contributed by atoms with van der Waals surface area (Å²) in [6, 6.07) is 0.0923. The van der Waals surface area contributed by atoms with Gasteiger partial charge in [0.25, 0.3) is 0 Å². The number of rotatable bonds is 5. The van der Waals surface area contributed by atoms with Gasteiger partial charge in [0.1, 0.15) is 6.04 Å². The molecule has 1 aliphatic heterocycles. The Labute approximate surface area is 98.1 Å². The van der Waals surface area contributed by atoms with Crippen LogP contribution in [-0.2, 0) is 9.53 Å². The molecule has 16 heavy (non-hydrogen) atoms. The van der Waals surface area contributed by atoms with Crippen LogP contribution < -0.4 is 5.73 Å². The smallest absolute Gasteiger partial charge is 0.323 e. The van der Waals surface area contributed by atoms with Crippen molar-refractivity contribution < 1.29 is 9.53 Å². The summed E-state index contributed by atoms with van der Waals surface area (Å²) in [6.07, 6.45) is 1.85. The standard InChI is InChI=1S/C12H24N2O2/c1-4-6-11(12(15)16-5-2)14-7-9(3)10(13)8-14/h9-11H,4-8,13H2,1-3H3. The molecule has 2 N–H and O–H groups in total. The van der Waals surface area contributed by atoms with E-state index in [0.29, 0.717) is 12.5 Å². The second-order valence-electron chi connectivity index (χ2n) is 4.65. The molecule has 1 rings (SSSR count). The molecule has 1 saturated heterocycles. The van der Waals surface area contributed by atoms with Gasteiger partial charge < -0.3 is 10.5 Å². The highest BCUT2D eigenvalue weighted by molar-refractivity contribution is 5.75. The van der Waals surface area contributed by atoms with E-state index in [1.54, 1.807) is 0 Å². The molecule has 0 aromatic heterocycles. The second-order valence-corrected chi connectivity index (χ2v) is 4.65. The maximum atomic E-state index is 11.8. The van der Waals surface area contributed by atoms with Gasteiger partial charge in [-0.1, -0.05) is 20.3 Å². The van der Waals surface area contributed by atoms with E-state index >= 15 is 0 Å². The SMILES string of the molecule is CCCC(C(=O)OCC)N1CC(C)C(N)C1. The third-order valence-electron chi connectivity index (χ3n) is 3.26. The fourth-order valence-electron chi connectivity index (χ4n) is 2.25. The largest absolute Gasteiger partial charge is 0.465 e. The van der Waals surface area contributed by atoms with Crippen molar-refractivity contribution >= 4 is 5.97 Å².